The molecule has 2 aromatic rings. The maximum atomic E-state index is 13.8. The molecule has 0 spiro atoms. The molecule has 126 valence electrons. The van der Waals surface area contributed by atoms with E-state index < -0.39 is 11.7 Å². The summed E-state index contributed by atoms with van der Waals surface area (Å²) >= 11 is 7.06. The van der Waals surface area contributed by atoms with Gasteiger partial charge in [0, 0.05) is 9.64 Å². The first kappa shape index (κ1) is 18.4. The van der Waals surface area contributed by atoms with E-state index in [1.54, 1.807) is 30.3 Å². The third-order valence-electron chi connectivity index (χ3n) is 3.06. The molecule has 0 aliphatic heterocycles. The van der Waals surface area contributed by atoms with Crippen LogP contribution in [-0.4, -0.2) is 25.2 Å². The van der Waals surface area contributed by atoms with Gasteiger partial charge in [-0.25, -0.2) is 4.39 Å². The lowest BCUT2D eigenvalue weighted by molar-refractivity contribution is 0.0974. The van der Waals surface area contributed by atoms with Crippen LogP contribution in [0.15, 0.2) is 36.4 Å². The third-order valence-corrected chi connectivity index (χ3v) is 3.93. The number of amides is 1. The number of halogens is 2. The molecule has 1 amide bonds. The Hall–Kier alpha value is -1.94. The summed E-state index contributed by atoms with van der Waals surface area (Å²) in [5, 5.41) is 5.13. The lowest BCUT2D eigenvalue weighted by Gasteiger charge is -2.13. The summed E-state index contributed by atoms with van der Waals surface area (Å²) in [5.74, 6) is -0.0291. The zero-order valence-electron chi connectivity index (χ0n) is 12.9. The van der Waals surface area contributed by atoms with Gasteiger partial charge in [0.15, 0.2) is 5.11 Å². The van der Waals surface area contributed by atoms with Crippen LogP contribution in [0.4, 0.5) is 10.1 Å². The smallest absolute Gasteiger partial charge is 0.261 e. The highest BCUT2D eigenvalue weighted by Gasteiger charge is 2.15. The number of nitrogens with one attached hydrogen (secondary N) is 2. The maximum absolute atomic E-state index is 13.8. The van der Waals surface area contributed by atoms with Gasteiger partial charge in [0.2, 0.25) is 0 Å². The summed E-state index contributed by atoms with van der Waals surface area (Å²) in [7, 11) is 2.96. The minimum Gasteiger partial charge on any atom is -0.497 e. The van der Waals surface area contributed by atoms with Crippen molar-refractivity contribution in [1.82, 2.24) is 5.32 Å². The maximum Gasteiger partial charge on any atom is 0.261 e. The Kier molecular flexibility index (Phi) is 6.32. The number of hydrogen-bond donors (Lipinski definition) is 2. The normalized spacial score (nSPS) is 10.0. The first-order chi connectivity index (χ1) is 11.4. The Balaban J connectivity index is 2.10. The molecule has 0 saturated carbocycles. The molecular formula is C16H14FIN2O3S. The lowest BCUT2D eigenvalue weighted by Crippen LogP contribution is -2.34. The van der Waals surface area contributed by atoms with Gasteiger partial charge >= 0.3 is 0 Å². The predicted molar refractivity (Wildman–Crippen MR) is 102 cm³/mol. The number of hydrogen-bond acceptors (Lipinski definition) is 4. The van der Waals surface area contributed by atoms with E-state index in [2.05, 4.69) is 10.6 Å². The van der Waals surface area contributed by atoms with Crippen molar-refractivity contribution < 1.29 is 18.7 Å². The van der Waals surface area contributed by atoms with Crippen LogP contribution in [0, 0.1) is 9.39 Å². The van der Waals surface area contributed by atoms with Crippen molar-refractivity contribution in [3.8, 4) is 11.5 Å². The number of thiocarbonyl (C=S) groups is 1. The van der Waals surface area contributed by atoms with Crippen molar-refractivity contribution in [2.24, 2.45) is 0 Å². The van der Waals surface area contributed by atoms with Crippen LogP contribution in [0.3, 0.4) is 0 Å². The molecule has 8 heteroatoms. The first-order valence-electron chi connectivity index (χ1n) is 6.74. The second-order valence-electron chi connectivity index (χ2n) is 4.60. The molecule has 0 aliphatic rings. The highest BCUT2D eigenvalue weighted by Crippen LogP contribution is 2.24. The highest BCUT2D eigenvalue weighted by molar-refractivity contribution is 14.1. The summed E-state index contributed by atoms with van der Waals surface area (Å²) in [6.45, 7) is 0. The molecule has 0 bridgehead atoms. The SMILES string of the molecule is COc1ccc(C(=O)NC(=S)Nc2ccc(I)cc2F)c(OC)c1. The standard InChI is InChI=1S/C16H14FIN2O3S/c1-22-10-4-5-11(14(8-10)23-2)15(21)20-16(24)19-13-6-3-9(18)7-12(13)17/h3-8H,1-2H3,(H2,19,20,21,24). The minimum atomic E-state index is -0.474. The number of ether oxygens (including phenoxy) is 2. The number of carbonyl (C=O) groups excluding carboxylic acids is 1. The second-order valence-corrected chi connectivity index (χ2v) is 6.25. The van der Waals surface area contributed by atoms with Crippen LogP contribution >= 0.6 is 34.8 Å². The quantitative estimate of drug-likeness (QED) is 0.540. The van der Waals surface area contributed by atoms with E-state index in [4.69, 9.17) is 21.7 Å². The van der Waals surface area contributed by atoms with Crippen LogP contribution in [0.5, 0.6) is 11.5 Å². The fraction of sp³-hybridized carbons (Fsp3) is 0.125. The summed E-state index contributed by atoms with van der Waals surface area (Å²) in [6, 6.07) is 9.41. The molecule has 2 rings (SSSR count). The van der Waals surface area contributed by atoms with Gasteiger partial charge in [0.05, 0.1) is 25.5 Å². The first-order valence-corrected chi connectivity index (χ1v) is 8.22. The van der Waals surface area contributed by atoms with E-state index in [1.807, 2.05) is 22.6 Å². The fourth-order valence-corrected chi connectivity index (χ4v) is 2.56. The third kappa shape index (κ3) is 4.54. The molecule has 0 radical (unpaired) electrons. The van der Waals surface area contributed by atoms with Crippen LogP contribution in [0.2, 0.25) is 0 Å². The molecule has 5 nitrogen and oxygen atoms in total. The minimum absolute atomic E-state index is 0.0158. The Morgan fingerprint density at radius 3 is 2.54 bits per heavy atom. The number of methoxy groups -OCH3 is 2. The molecule has 24 heavy (non-hydrogen) atoms. The van der Waals surface area contributed by atoms with Crippen LogP contribution in [0.1, 0.15) is 10.4 Å². The van der Waals surface area contributed by atoms with Crippen molar-refractivity contribution in [3.63, 3.8) is 0 Å². The second kappa shape index (κ2) is 8.25. The molecule has 0 aromatic heterocycles. The molecule has 2 N–H and O–H groups in total. The number of carbonyl (C=O) groups is 1. The van der Waals surface area contributed by atoms with Crippen LogP contribution < -0.4 is 20.1 Å². The van der Waals surface area contributed by atoms with Crippen molar-refractivity contribution in [1.29, 1.82) is 0 Å². The van der Waals surface area contributed by atoms with E-state index in [0.717, 1.165) is 3.57 Å². The Labute approximate surface area is 157 Å². The van der Waals surface area contributed by atoms with Crippen LogP contribution in [-0.2, 0) is 0 Å². The van der Waals surface area contributed by atoms with Gasteiger partial charge in [-0.3, -0.25) is 10.1 Å². The molecule has 0 aliphatic carbocycles. The molecule has 0 atom stereocenters. The van der Waals surface area contributed by atoms with E-state index >= 15 is 0 Å². The fourth-order valence-electron chi connectivity index (χ4n) is 1.90. The van der Waals surface area contributed by atoms with E-state index in [9.17, 15) is 9.18 Å². The molecule has 0 heterocycles. The van der Waals surface area contributed by atoms with Gasteiger partial charge < -0.3 is 14.8 Å². The number of anilines is 1. The topological polar surface area (TPSA) is 59.6 Å². The van der Waals surface area contributed by atoms with Gasteiger partial charge in [-0.05, 0) is 65.1 Å². The van der Waals surface area contributed by atoms with Gasteiger partial charge in [-0.1, -0.05) is 0 Å². The van der Waals surface area contributed by atoms with Crippen molar-refractivity contribution in [3.05, 3.63) is 51.3 Å². The van der Waals surface area contributed by atoms with Gasteiger partial charge in [0.1, 0.15) is 17.3 Å². The summed E-state index contributed by atoms with van der Waals surface area (Å²) in [4.78, 5) is 12.3. The Morgan fingerprint density at radius 2 is 1.92 bits per heavy atom. The Bertz CT molecular complexity index is 786. The molecule has 2 aromatic carbocycles. The molecule has 0 fully saturated rings. The van der Waals surface area contributed by atoms with Gasteiger partial charge in [-0.15, -0.1) is 0 Å². The zero-order chi connectivity index (χ0) is 17.7. The largest absolute Gasteiger partial charge is 0.497 e. The van der Waals surface area contributed by atoms with Crippen molar-refractivity contribution in [2.45, 2.75) is 0 Å². The summed E-state index contributed by atoms with van der Waals surface area (Å²) < 4.78 is 24.8. The van der Waals surface area contributed by atoms with Gasteiger partial charge in [0.25, 0.3) is 5.91 Å². The Morgan fingerprint density at radius 1 is 1.17 bits per heavy atom. The summed E-state index contributed by atoms with van der Waals surface area (Å²) in [6.07, 6.45) is 0. The molecule has 0 saturated heterocycles. The van der Waals surface area contributed by atoms with Crippen molar-refractivity contribution >= 4 is 51.5 Å². The van der Waals surface area contributed by atoms with E-state index in [0.29, 0.717) is 11.5 Å². The average molecular weight is 460 g/mol. The predicted octanol–water partition coefficient (Wildman–Crippen LogP) is 3.57. The average Bonchev–Trinajstić information content (AvgIpc) is 2.56. The van der Waals surface area contributed by atoms with Gasteiger partial charge in [-0.2, -0.15) is 0 Å². The zero-order valence-corrected chi connectivity index (χ0v) is 15.8. The van der Waals surface area contributed by atoms with Crippen LogP contribution in [0.25, 0.3) is 0 Å². The monoisotopic (exact) mass is 460 g/mol. The van der Waals surface area contributed by atoms with E-state index in [-0.39, 0.29) is 16.4 Å². The summed E-state index contributed by atoms with van der Waals surface area (Å²) in [5.41, 5.74) is 0.466. The highest BCUT2D eigenvalue weighted by atomic mass is 127. The van der Waals surface area contributed by atoms with Crippen molar-refractivity contribution in [2.75, 3.05) is 19.5 Å². The number of rotatable bonds is 4. The molecular weight excluding hydrogens is 446 g/mol. The van der Waals surface area contributed by atoms with E-state index in [1.165, 1.54) is 20.3 Å². The molecule has 0 unspecified atom stereocenters. The lowest BCUT2D eigenvalue weighted by atomic mass is 10.2. The number of benzene rings is 2.